The van der Waals surface area contributed by atoms with E-state index in [1.807, 2.05) is 0 Å². The molecular formula is C6H15BO3. The van der Waals surface area contributed by atoms with Gasteiger partial charge in [-0.1, -0.05) is 38.5 Å². The van der Waals surface area contributed by atoms with Gasteiger partial charge in [0.05, 0.1) is 0 Å². The van der Waals surface area contributed by atoms with E-state index >= 15 is 0 Å². The first-order chi connectivity index (χ1) is 4.73. The summed E-state index contributed by atoms with van der Waals surface area (Å²) in [7, 11) is -2.17. The molecule has 4 heteroatoms. The lowest BCUT2D eigenvalue weighted by Gasteiger charge is -2.05. The van der Waals surface area contributed by atoms with Gasteiger partial charge in [0.1, 0.15) is 0 Å². The lowest BCUT2D eigenvalue weighted by Crippen LogP contribution is -2.07. The Bertz CT molecular complexity index is 49.7. The third kappa shape index (κ3) is 10.8. The fraction of sp³-hybridized carbons (Fsp3) is 1.00. The average Bonchev–Trinajstić information content (AvgIpc) is 1.90. The van der Waals surface area contributed by atoms with Crippen molar-refractivity contribution in [2.24, 2.45) is 0 Å². The molecular weight excluding hydrogens is 131 g/mol. The third-order valence-corrected chi connectivity index (χ3v) is 1.50. The van der Waals surface area contributed by atoms with Crippen LogP contribution >= 0.6 is 0 Å². The maximum absolute atomic E-state index is 7.17. The highest BCUT2D eigenvalue weighted by molar-refractivity contribution is 6.30. The van der Waals surface area contributed by atoms with Crippen molar-refractivity contribution < 1.29 is 15.1 Å². The van der Waals surface area contributed by atoms with Crippen LogP contribution < -0.4 is 0 Å². The summed E-state index contributed by atoms with van der Waals surface area (Å²) in [6, 6.07) is 0. The minimum absolute atomic E-state index is 1.50. The van der Waals surface area contributed by atoms with Crippen molar-refractivity contribution in [1.29, 1.82) is 0 Å². The van der Waals surface area contributed by atoms with Crippen LogP contribution in [0.15, 0.2) is 0 Å². The summed E-state index contributed by atoms with van der Waals surface area (Å²) >= 11 is 0. The number of hydrogen-bond acceptors (Lipinski definition) is 3. The fourth-order valence-corrected chi connectivity index (χ4v) is 1.06. The highest BCUT2D eigenvalue weighted by Gasteiger charge is 1.95. The van der Waals surface area contributed by atoms with Gasteiger partial charge >= 0.3 is 7.32 Å². The second-order valence-electron chi connectivity index (χ2n) is 2.47. The van der Waals surface area contributed by atoms with E-state index in [4.69, 9.17) is 15.1 Å². The Hall–Kier alpha value is -0.0551. The topological polar surface area (TPSA) is 60.7 Å². The van der Waals surface area contributed by atoms with Crippen LogP contribution in [-0.4, -0.2) is 22.4 Å². The van der Waals surface area contributed by atoms with E-state index in [2.05, 4.69) is 0 Å². The van der Waals surface area contributed by atoms with E-state index in [1.165, 1.54) is 38.5 Å². The standard InChI is InChI=1S/C6H12.BH3O3/c1-2-4-6-5-3-1;2-1(3)4/h1-6H2;2-4H. The van der Waals surface area contributed by atoms with Gasteiger partial charge in [-0.25, -0.2) is 0 Å². The molecule has 0 radical (unpaired) electrons. The van der Waals surface area contributed by atoms with Crippen molar-refractivity contribution >= 4 is 7.32 Å². The molecule has 1 aliphatic rings. The molecule has 1 rings (SSSR count). The smallest absolute Gasteiger partial charge is 0.402 e. The van der Waals surface area contributed by atoms with Gasteiger partial charge in [0.25, 0.3) is 0 Å². The summed E-state index contributed by atoms with van der Waals surface area (Å²) in [6.07, 6.45) is 9.00. The SMILES string of the molecule is C1CCCCC1.OB(O)O. The normalized spacial score (nSPS) is 17.1. The van der Waals surface area contributed by atoms with Crippen LogP contribution in [0.1, 0.15) is 38.5 Å². The van der Waals surface area contributed by atoms with Crippen molar-refractivity contribution in [2.75, 3.05) is 0 Å². The van der Waals surface area contributed by atoms with Crippen LogP contribution in [0.5, 0.6) is 0 Å². The summed E-state index contributed by atoms with van der Waals surface area (Å²) in [5, 5.41) is 21.5. The van der Waals surface area contributed by atoms with Crippen molar-refractivity contribution in [3.63, 3.8) is 0 Å². The highest BCUT2D eigenvalue weighted by Crippen LogP contribution is 2.15. The van der Waals surface area contributed by atoms with Gasteiger partial charge in [-0.2, -0.15) is 0 Å². The Morgan fingerprint density at radius 1 is 0.600 bits per heavy atom. The first kappa shape index (κ1) is 9.94. The van der Waals surface area contributed by atoms with Gasteiger partial charge in [-0.05, 0) is 0 Å². The maximum Gasteiger partial charge on any atom is 0.631 e. The molecule has 10 heavy (non-hydrogen) atoms. The molecule has 1 saturated carbocycles. The first-order valence-electron chi connectivity index (χ1n) is 3.77. The first-order valence-corrected chi connectivity index (χ1v) is 3.77. The molecule has 0 spiro atoms. The van der Waals surface area contributed by atoms with Gasteiger partial charge in [-0.3, -0.25) is 0 Å². The van der Waals surface area contributed by atoms with Crippen molar-refractivity contribution in [3.05, 3.63) is 0 Å². The molecule has 0 heterocycles. The van der Waals surface area contributed by atoms with E-state index < -0.39 is 7.32 Å². The summed E-state index contributed by atoms with van der Waals surface area (Å²) in [6.45, 7) is 0. The molecule has 0 saturated heterocycles. The van der Waals surface area contributed by atoms with E-state index in [0.29, 0.717) is 0 Å². The molecule has 0 aromatic rings. The number of hydrogen-bond donors (Lipinski definition) is 3. The zero-order chi connectivity index (χ0) is 7.82. The summed E-state index contributed by atoms with van der Waals surface area (Å²) in [5.41, 5.74) is 0. The molecule has 0 aromatic heterocycles. The molecule has 3 N–H and O–H groups in total. The van der Waals surface area contributed by atoms with E-state index in [0.717, 1.165) is 0 Å². The summed E-state index contributed by atoms with van der Waals surface area (Å²) in [5.74, 6) is 0. The van der Waals surface area contributed by atoms with Gasteiger partial charge in [0.2, 0.25) is 0 Å². The third-order valence-electron chi connectivity index (χ3n) is 1.50. The maximum atomic E-state index is 7.17. The molecule has 0 aliphatic heterocycles. The van der Waals surface area contributed by atoms with Gasteiger partial charge < -0.3 is 15.1 Å². The summed E-state index contributed by atoms with van der Waals surface area (Å²) < 4.78 is 0. The Labute approximate surface area is 61.9 Å². The minimum Gasteiger partial charge on any atom is -0.402 e. The van der Waals surface area contributed by atoms with Crippen LogP contribution in [0, 0.1) is 0 Å². The molecule has 1 aliphatic carbocycles. The van der Waals surface area contributed by atoms with E-state index in [1.54, 1.807) is 0 Å². The molecule has 0 bridgehead atoms. The lowest BCUT2D eigenvalue weighted by molar-refractivity contribution is 0.278. The fourth-order valence-electron chi connectivity index (χ4n) is 1.06. The van der Waals surface area contributed by atoms with Crippen LogP contribution in [-0.2, 0) is 0 Å². The van der Waals surface area contributed by atoms with Crippen LogP contribution in [0.25, 0.3) is 0 Å². The van der Waals surface area contributed by atoms with Crippen LogP contribution in [0.4, 0.5) is 0 Å². The largest absolute Gasteiger partial charge is 0.631 e. The van der Waals surface area contributed by atoms with E-state index in [9.17, 15) is 0 Å². The van der Waals surface area contributed by atoms with Gasteiger partial charge in [-0.15, -0.1) is 0 Å². The zero-order valence-corrected chi connectivity index (χ0v) is 6.16. The van der Waals surface area contributed by atoms with Crippen molar-refractivity contribution in [3.8, 4) is 0 Å². The Morgan fingerprint density at radius 2 is 0.700 bits per heavy atom. The minimum atomic E-state index is -2.17. The van der Waals surface area contributed by atoms with Gasteiger partial charge in [0, 0.05) is 0 Å². The van der Waals surface area contributed by atoms with Crippen LogP contribution in [0.3, 0.4) is 0 Å². The molecule has 0 amide bonds. The number of rotatable bonds is 0. The quantitative estimate of drug-likeness (QED) is 0.430. The second kappa shape index (κ2) is 7.06. The predicted octanol–water partition coefficient (Wildman–Crippen LogP) is 0.289. The highest BCUT2D eigenvalue weighted by atomic mass is 16.5. The second-order valence-corrected chi connectivity index (χ2v) is 2.47. The molecule has 0 atom stereocenters. The van der Waals surface area contributed by atoms with E-state index in [-0.39, 0.29) is 0 Å². The van der Waals surface area contributed by atoms with Crippen molar-refractivity contribution in [1.82, 2.24) is 0 Å². The molecule has 0 aromatic carbocycles. The Balaban J connectivity index is 0.000000180. The molecule has 3 nitrogen and oxygen atoms in total. The average molecular weight is 146 g/mol. The molecule has 0 unspecified atom stereocenters. The predicted molar refractivity (Wildman–Crippen MR) is 40.1 cm³/mol. The Kier molecular flexibility index (Phi) is 7.02. The van der Waals surface area contributed by atoms with Gasteiger partial charge in [0.15, 0.2) is 0 Å². The van der Waals surface area contributed by atoms with Crippen molar-refractivity contribution in [2.45, 2.75) is 38.5 Å². The Morgan fingerprint density at radius 3 is 0.800 bits per heavy atom. The zero-order valence-electron chi connectivity index (χ0n) is 6.16. The monoisotopic (exact) mass is 146 g/mol. The molecule has 1 fully saturated rings. The van der Waals surface area contributed by atoms with Crippen LogP contribution in [0.2, 0.25) is 0 Å². The summed E-state index contributed by atoms with van der Waals surface area (Å²) in [4.78, 5) is 0. The lowest BCUT2D eigenvalue weighted by atomic mass is 10.0. The molecule has 60 valence electrons.